The number of carbonyl (C=O) groups excluding carboxylic acids is 4. The van der Waals surface area contributed by atoms with E-state index in [1.807, 2.05) is 97.1 Å². The second kappa shape index (κ2) is 21.6. The molecule has 0 aliphatic heterocycles. The van der Waals surface area contributed by atoms with Gasteiger partial charge in [0.15, 0.2) is 12.2 Å². The molecule has 0 heterocycles. The Kier molecular flexibility index (Phi) is 16.2. The third kappa shape index (κ3) is 13.0. The van der Waals surface area contributed by atoms with Gasteiger partial charge in [-0.25, -0.2) is 9.59 Å². The van der Waals surface area contributed by atoms with Crippen LogP contribution in [0.4, 0.5) is 9.59 Å². The summed E-state index contributed by atoms with van der Waals surface area (Å²) in [6, 6.07) is 37.7. The summed E-state index contributed by atoms with van der Waals surface area (Å²) in [5, 5.41) is 27.9. The Morgan fingerprint density at radius 2 is 0.746 bits per heavy atom. The first-order valence-corrected chi connectivity index (χ1v) is 22.4. The number of amides is 2. The molecule has 21 heteroatoms. The first-order valence-electron chi connectivity index (χ1n) is 19.7. The molecular weight excluding hydrogens is 1040 g/mol. The van der Waals surface area contributed by atoms with Crippen molar-refractivity contribution in [2.45, 2.75) is 37.1 Å². The maximum absolute atomic E-state index is 12.6. The van der Waals surface area contributed by atoms with Crippen LogP contribution in [0.15, 0.2) is 146 Å². The van der Waals surface area contributed by atoms with Crippen LogP contribution in [0.1, 0.15) is 45.6 Å². The number of carboxylic acids is 2. The number of nitrogens with one attached hydrogen (secondary N) is 2. The molecule has 67 heavy (non-hydrogen) atoms. The number of ether oxygens (including phenoxy) is 2. The number of carbonyl (C=O) groups is 4. The monoisotopic (exact) mass is 1070 g/mol. The molecule has 0 aromatic heterocycles. The molecule has 0 bridgehead atoms. The Bertz CT molecular complexity index is 2730. The van der Waals surface area contributed by atoms with E-state index in [0.717, 1.165) is 44.5 Å². The molecule has 2 aliphatic carbocycles. The van der Waals surface area contributed by atoms with Crippen LogP contribution >= 0.6 is 0 Å². The molecule has 6 aromatic rings. The molecule has 0 radical (unpaired) electrons. The van der Waals surface area contributed by atoms with Gasteiger partial charge in [0.2, 0.25) is 0 Å². The predicted molar refractivity (Wildman–Crippen MR) is 235 cm³/mol. The van der Waals surface area contributed by atoms with Gasteiger partial charge < -0.3 is 48.3 Å². The van der Waals surface area contributed by atoms with E-state index in [1.54, 1.807) is 0 Å². The Labute approximate surface area is 423 Å². The van der Waals surface area contributed by atoms with Crippen molar-refractivity contribution in [3.63, 3.8) is 0 Å². The summed E-state index contributed by atoms with van der Waals surface area (Å²) < 4.78 is 80.3. The van der Waals surface area contributed by atoms with Gasteiger partial charge in [0.25, 0.3) is 0 Å². The van der Waals surface area contributed by atoms with Crippen LogP contribution in [0, 0.1) is 0 Å². The van der Waals surface area contributed by atoms with Gasteiger partial charge in [-0.3, -0.25) is 9.11 Å². The van der Waals surface area contributed by atoms with E-state index in [2.05, 4.69) is 19.0 Å². The molecule has 0 saturated heterocycles. The van der Waals surface area contributed by atoms with E-state index in [1.165, 1.54) is 48.5 Å². The van der Waals surface area contributed by atoms with Crippen molar-refractivity contribution >= 4 is 93.8 Å². The second-order valence-electron chi connectivity index (χ2n) is 14.7. The molecule has 340 valence electrons. The Hall–Kier alpha value is -6.21. The quantitative estimate of drug-likeness (QED) is 0.0894. The SMILES string of the molecule is O=C(N[C@@H](Cc1ccc(OS(=O)(=O)O)cc1)C(=O)[O-])OC1c2ccccc2-c2ccccc21.O=C(N[C@@H](Cc1ccc(OS(=O)(=O)O)cc1)C(=O)[O-])OC1c2ccccc2-c2ccccc21.[Ba+2]. The number of fused-ring (bicyclic) bond motifs is 6. The molecule has 2 aliphatic rings. The Morgan fingerprint density at radius 3 is 1.00 bits per heavy atom. The smallest absolute Gasteiger partial charge is 0.548 e. The van der Waals surface area contributed by atoms with Gasteiger partial charge >= 0.3 is 81.9 Å². The maximum Gasteiger partial charge on any atom is 2.00 e. The first kappa shape index (κ1) is 50.2. The average molecular weight is 1070 g/mol. The first-order chi connectivity index (χ1) is 31.4. The largest absolute Gasteiger partial charge is 2.00 e. The van der Waals surface area contributed by atoms with Crippen molar-refractivity contribution in [1.29, 1.82) is 0 Å². The molecular formula is C46H36BaN2O16S2. The fourth-order valence-corrected chi connectivity index (χ4v) is 8.21. The zero-order valence-corrected chi connectivity index (χ0v) is 40.8. The fourth-order valence-electron chi connectivity index (χ4n) is 7.50. The number of carboxylic acid groups (broad SMARTS) is 2. The molecule has 18 nitrogen and oxygen atoms in total. The van der Waals surface area contributed by atoms with Gasteiger partial charge in [-0.15, -0.1) is 0 Å². The third-order valence-electron chi connectivity index (χ3n) is 10.3. The van der Waals surface area contributed by atoms with Crippen LogP contribution in [0.3, 0.4) is 0 Å². The molecule has 8 rings (SSSR count). The predicted octanol–water partition coefficient (Wildman–Crippen LogP) is 3.67. The van der Waals surface area contributed by atoms with E-state index < -0.39 is 69.2 Å². The van der Waals surface area contributed by atoms with Crippen molar-refractivity contribution in [3.8, 4) is 33.8 Å². The van der Waals surface area contributed by atoms with Crippen molar-refractivity contribution in [1.82, 2.24) is 10.6 Å². The maximum atomic E-state index is 12.6. The molecule has 0 fully saturated rings. The van der Waals surface area contributed by atoms with Gasteiger partial charge in [0, 0.05) is 22.3 Å². The Morgan fingerprint density at radius 1 is 0.478 bits per heavy atom. The molecule has 2 atom stereocenters. The zero-order valence-electron chi connectivity index (χ0n) is 34.7. The van der Waals surface area contributed by atoms with Crippen molar-refractivity contribution in [2.24, 2.45) is 0 Å². The van der Waals surface area contributed by atoms with Crippen molar-refractivity contribution in [3.05, 3.63) is 179 Å². The summed E-state index contributed by atoms with van der Waals surface area (Å²) in [5.74, 6) is -3.34. The van der Waals surface area contributed by atoms with Crippen molar-refractivity contribution in [2.75, 3.05) is 0 Å². The van der Waals surface area contributed by atoms with E-state index in [0.29, 0.717) is 11.1 Å². The van der Waals surface area contributed by atoms with Crippen LogP contribution < -0.4 is 29.2 Å². The van der Waals surface area contributed by atoms with Gasteiger partial charge in [-0.2, -0.15) is 16.8 Å². The van der Waals surface area contributed by atoms with Gasteiger partial charge in [0.05, 0.1) is 24.0 Å². The van der Waals surface area contributed by atoms with E-state index in [4.69, 9.17) is 18.6 Å². The second-order valence-corrected chi connectivity index (χ2v) is 16.7. The normalized spacial score (nSPS) is 13.3. The van der Waals surface area contributed by atoms with Crippen LogP contribution in [-0.2, 0) is 52.7 Å². The molecule has 0 unspecified atom stereocenters. The van der Waals surface area contributed by atoms with Crippen molar-refractivity contribution < 1.29 is 73.2 Å². The van der Waals surface area contributed by atoms with Gasteiger partial charge in [-0.1, -0.05) is 121 Å². The van der Waals surface area contributed by atoms with Crippen LogP contribution in [-0.4, -0.2) is 111 Å². The zero-order chi connectivity index (χ0) is 47.2. The molecule has 0 spiro atoms. The summed E-state index contributed by atoms with van der Waals surface area (Å²) in [7, 11) is -9.35. The fraction of sp³-hybridized carbons (Fsp3) is 0.130. The summed E-state index contributed by atoms with van der Waals surface area (Å²) >= 11 is 0. The summed E-state index contributed by atoms with van der Waals surface area (Å²) in [4.78, 5) is 48.4. The van der Waals surface area contributed by atoms with E-state index >= 15 is 0 Å². The van der Waals surface area contributed by atoms with Crippen LogP contribution in [0.5, 0.6) is 11.5 Å². The summed E-state index contributed by atoms with van der Waals surface area (Å²) in [6.07, 6.45) is -3.52. The van der Waals surface area contributed by atoms with Gasteiger partial charge in [-0.05, 0) is 70.5 Å². The van der Waals surface area contributed by atoms with Crippen LogP contribution in [0.25, 0.3) is 22.3 Å². The molecule has 2 amide bonds. The minimum absolute atomic E-state index is 0. The third-order valence-corrected chi connectivity index (χ3v) is 11.1. The molecule has 0 saturated carbocycles. The molecule has 6 aromatic carbocycles. The summed E-state index contributed by atoms with van der Waals surface area (Å²) in [6.45, 7) is 0. The van der Waals surface area contributed by atoms with E-state index in [-0.39, 0.29) is 73.2 Å². The number of hydrogen-bond acceptors (Lipinski definition) is 14. The standard InChI is InChI=1S/2C23H19NO8S.Ba/c2*25-22(26)20(13-14-9-11-15(12-10-14)32-33(28,29)30)24-23(27)31-21-18-7-3-1-5-16(18)17-6-2-4-8-19(17)21;/h2*1-12,20-21H,13H2,(H,24,27)(H,25,26)(H,28,29,30);/q;;+2/p-2/t2*20-;/m00./s1. The van der Waals surface area contributed by atoms with Crippen LogP contribution in [0.2, 0.25) is 0 Å². The van der Waals surface area contributed by atoms with E-state index in [9.17, 15) is 46.2 Å². The number of hydrogen-bond donors (Lipinski definition) is 4. The minimum atomic E-state index is -4.67. The number of aliphatic carboxylic acids is 2. The topological polar surface area (TPSA) is 284 Å². The Balaban J connectivity index is 0.000000218. The summed E-state index contributed by atoms with van der Waals surface area (Å²) in [5.41, 5.74) is 7.85. The average Bonchev–Trinajstić information content (AvgIpc) is 3.75. The van der Waals surface area contributed by atoms with Gasteiger partial charge in [0.1, 0.15) is 11.5 Å². The minimum Gasteiger partial charge on any atom is -0.548 e. The number of benzene rings is 6. The molecule has 4 N–H and O–H groups in total. The number of rotatable bonds is 14. The number of alkyl carbamates (subject to hydrolysis) is 2.